The number of carboxylic acids is 1. The molecule has 1 aromatic rings. The Morgan fingerprint density at radius 3 is 2.71 bits per heavy atom. The first kappa shape index (κ1) is 13.8. The number of carbonyl (C=O) groups is 1. The zero-order valence-corrected chi connectivity index (χ0v) is 11.5. The van der Waals surface area contributed by atoms with Gasteiger partial charge in [-0.1, -0.05) is 36.4 Å². The van der Waals surface area contributed by atoms with Crippen molar-refractivity contribution >= 4 is 21.9 Å². The summed E-state index contributed by atoms with van der Waals surface area (Å²) in [5.74, 6) is -0.0283. The second-order valence-electron chi connectivity index (χ2n) is 4.03. The minimum Gasteiger partial charge on any atom is -0.488 e. The molecule has 0 spiro atoms. The smallest absolute Gasteiger partial charge is 0.334 e. The average Bonchev–Trinajstić information content (AvgIpc) is 2.26. The maximum absolute atomic E-state index is 10.6. The van der Waals surface area contributed by atoms with Crippen molar-refractivity contribution in [3.63, 3.8) is 0 Å². The van der Waals surface area contributed by atoms with Gasteiger partial charge >= 0.3 is 5.97 Å². The lowest BCUT2D eigenvalue weighted by Gasteiger charge is -2.14. The molecule has 0 amide bonds. The minimum absolute atomic E-state index is 0.00329. The van der Waals surface area contributed by atoms with Gasteiger partial charge in [-0.05, 0) is 29.7 Å². The third kappa shape index (κ3) is 3.89. The Hall–Kier alpha value is -1.29. The van der Waals surface area contributed by atoms with Crippen LogP contribution in [-0.4, -0.2) is 17.7 Å². The van der Waals surface area contributed by atoms with Crippen LogP contribution in [0.1, 0.15) is 25.3 Å². The first-order chi connectivity index (χ1) is 7.91. The van der Waals surface area contributed by atoms with Crippen LogP contribution in [0.25, 0.3) is 0 Å². The SMILES string of the molecule is C=C(COc1ccc(Br)cc1C(C)C)C(=O)O. The monoisotopic (exact) mass is 298 g/mol. The zero-order valence-electron chi connectivity index (χ0n) is 9.87. The number of aliphatic carboxylic acids is 1. The van der Waals surface area contributed by atoms with E-state index in [9.17, 15) is 4.79 Å². The number of benzene rings is 1. The molecule has 0 saturated carbocycles. The van der Waals surface area contributed by atoms with Crippen LogP contribution in [0.2, 0.25) is 0 Å². The molecule has 3 nitrogen and oxygen atoms in total. The van der Waals surface area contributed by atoms with Crippen molar-refractivity contribution < 1.29 is 14.6 Å². The number of halogens is 1. The van der Waals surface area contributed by atoms with Gasteiger partial charge in [0.2, 0.25) is 0 Å². The van der Waals surface area contributed by atoms with E-state index in [0.29, 0.717) is 11.7 Å². The second-order valence-corrected chi connectivity index (χ2v) is 4.95. The van der Waals surface area contributed by atoms with E-state index < -0.39 is 5.97 Å². The molecule has 1 rings (SSSR count). The topological polar surface area (TPSA) is 46.5 Å². The van der Waals surface area contributed by atoms with E-state index in [1.807, 2.05) is 18.2 Å². The summed E-state index contributed by atoms with van der Waals surface area (Å²) in [6.07, 6.45) is 0. The van der Waals surface area contributed by atoms with E-state index in [0.717, 1.165) is 10.0 Å². The predicted molar refractivity (Wildman–Crippen MR) is 70.5 cm³/mol. The van der Waals surface area contributed by atoms with Gasteiger partial charge in [-0.15, -0.1) is 0 Å². The summed E-state index contributed by atoms with van der Waals surface area (Å²) in [6.45, 7) is 7.54. The molecule has 0 bridgehead atoms. The van der Waals surface area contributed by atoms with E-state index in [1.165, 1.54) is 0 Å². The molecule has 0 radical (unpaired) electrons. The van der Waals surface area contributed by atoms with Crippen LogP contribution < -0.4 is 4.74 Å². The van der Waals surface area contributed by atoms with Crippen LogP contribution in [0.15, 0.2) is 34.8 Å². The van der Waals surface area contributed by atoms with E-state index in [4.69, 9.17) is 9.84 Å². The summed E-state index contributed by atoms with van der Waals surface area (Å²) in [5, 5.41) is 8.70. The highest BCUT2D eigenvalue weighted by Gasteiger charge is 2.10. The molecule has 0 aliphatic carbocycles. The van der Waals surface area contributed by atoms with Gasteiger partial charge < -0.3 is 9.84 Å². The number of ether oxygens (including phenoxy) is 1. The predicted octanol–water partition coefficient (Wildman–Crippen LogP) is 3.59. The molecule has 0 aliphatic heterocycles. The molecular formula is C13H15BrO3. The fourth-order valence-electron chi connectivity index (χ4n) is 1.33. The fourth-order valence-corrected chi connectivity index (χ4v) is 1.71. The number of rotatable bonds is 5. The molecule has 92 valence electrons. The van der Waals surface area contributed by atoms with Gasteiger partial charge in [-0.3, -0.25) is 0 Å². The molecule has 0 unspecified atom stereocenters. The van der Waals surface area contributed by atoms with Crippen molar-refractivity contribution in [1.29, 1.82) is 0 Å². The first-order valence-corrected chi connectivity index (χ1v) is 6.04. The van der Waals surface area contributed by atoms with E-state index >= 15 is 0 Å². The lowest BCUT2D eigenvalue weighted by atomic mass is 10.0. The maximum Gasteiger partial charge on any atom is 0.334 e. The standard InChI is InChI=1S/C13H15BrO3/c1-8(2)11-6-10(14)4-5-12(11)17-7-9(3)13(15)16/h4-6,8H,3,7H2,1-2H3,(H,15,16). The molecule has 0 saturated heterocycles. The molecule has 0 aromatic heterocycles. The number of hydrogen-bond acceptors (Lipinski definition) is 2. The van der Waals surface area contributed by atoms with E-state index in [2.05, 4.69) is 36.4 Å². The summed E-state index contributed by atoms with van der Waals surface area (Å²) >= 11 is 3.40. The molecule has 4 heteroatoms. The van der Waals surface area contributed by atoms with Crippen LogP contribution in [0.3, 0.4) is 0 Å². The fraction of sp³-hybridized carbons (Fsp3) is 0.308. The van der Waals surface area contributed by atoms with Gasteiger partial charge in [0.05, 0.1) is 5.57 Å². The lowest BCUT2D eigenvalue weighted by Crippen LogP contribution is -2.10. The van der Waals surface area contributed by atoms with Crippen molar-refractivity contribution in [1.82, 2.24) is 0 Å². The Labute approximate surface area is 109 Å². The van der Waals surface area contributed by atoms with Crippen LogP contribution in [0.4, 0.5) is 0 Å². The summed E-state index contributed by atoms with van der Waals surface area (Å²) in [5.41, 5.74) is 1.08. The van der Waals surface area contributed by atoms with Gasteiger partial charge in [0.25, 0.3) is 0 Å². The molecule has 17 heavy (non-hydrogen) atoms. The largest absolute Gasteiger partial charge is 0.488 e. The normalized spacial score (nSPS) is 10.4. The quantitative estimate of drug-likeness (QED) is 0.845. The van der Waals surface area contributed by atoms with Gasteiger partial charge in [0.1, 0.15) is 12.4 Å². The van der Waals surface area contributed by atoms with Crippen molar-refractivity contribution in [3.05, 3.63) is 40.4 Å². The zero-order chi connectivity index (χ0) is 13.0. The Balaban J connectivity index is 2.84. The first-order valence-electron chi connectivity index (χ1n) is 5.25. The van der Waals surface area contributed by atoms with Gasteiger partial charge in [0.15, 0.2) is 0 Å². The lowest BCUT2D eigenvalue weighted by molar-refractivity contribution is -0.133. The Kier molecular flexibility index (Phi) is 4.75. The van der Waals surface area contributed by atoms with Crippen LogP contribution >= 0.6 is 15.9 Å². The Morgan fingerprint density at radius 2 is 2.18 bits per heavy atom. The van der Waals surface area contributed by atoms with Crippen LogP contribution in [0, 0.1) is 0 Å². The Bertz CT molecular complexity index is 438. The highest BCUT2D eigenvalue weighted by Crippen LogP contribution is 2.29. The van der Waals surface area contributed by atoms with Crippen molar-refractivity contribution in [2.75, 3.05) is 6.61 Å². The van der Waals surface area contributed by atoms with Crippen LogP contribution in [0.5, 0.6) is 5.75 Å². The Morgan fingerprint density at radius 1 is 1.53 bits per heavy atom. The molecule has 0 heterocycles. The molecule has 1 aromatic carbocycles. The summed E-state index contributed by atoms with van der Waals surface area (Å²) in [6, 6.07) is 5.67. The maximum atomic E-state index is 10.6. The summed E-state index contributed by atoms with van der Waals surface area (Å²) < 4.78 is 6.45. The van der Waals surface area contributed by atoms with Gasteiger partial charge in [-0.25, -0.2) is 4.79 Å². The van der Waals surface area contributed by atoms with E-state index in [-0.39, 0.29) is 12.2 Å². The number of carboxylic acid groups (broad SMARTS) is 1. The third-order valence-corrected chi connectivity index (χ3v) is 2.79. The van der Waals surface area contributed by atoms with Crippen LogP contribution in [-0.2, 0) is 4.79 Å². The van der Waals surface area contributed by atoms with Gasteiger partial charge in [-0.2, -0.15) is 0 Å². The van der Waals surface area contributed by atoms with Crippen molar-refractivity contribution in [3.8, 4) is 5.75 Å². The van der Waals surface area contributed by atoms with Crippen molar-refractivity contribution in [2.45, 2.75) is 19.8 Å². The summed E-state index contributed by atoms with van der Waals surface area (Å²) in [4.78, 5) is 10.6. The van der Waals surface area contributed by atoms with Crippen molar-refractivity contribution in [2.24, 2.45) is 0 Å². The van der Waals surface area contributed by atoms with E-state index in [1.54, 1.807) is 0 Å². The summed E-state index contributed by atoms with van der Waals surface area (Å²) in [7, 11) is 0. The molecule has 1 N–H and O–H groups in total. The highest BCUT2D eigenvalue weighted by molar-refractivity contribution is 9.10. The van der Waals surface area contributed by atoms with Gasteiger partial charge in [0, 0.05) is 4.47 Å². The average molecular weight is 299 g/mol. The molecule has 0 atom stereocenters. The highest BCUT2D eigenvalue weighted by atomic mass is 79.9. The second kappa shape index (κ2) is 5.87. The molecular weight excluding hydrogens is 284 g/mol. The molecule has 0 fully saturated rings. The molecule has 0 aliphatic rings. The number of hydrogen-bond donors (Lipinski definition) is 1. The minimum atomic E-state index is -1.03. The third-order valence-electron chi connectivity index (χ3n) is 2.30.